The molecule has 2 aromatic rings. The summed E-state index contributed by atoms with van der Waals surface area (Å²) in [4.78, 5) is 14.2. The van der Waals surface area contributed by atoms with Crippen molar-refractivity contribution in [3.05, 3.63) is 35.0 Å². The molecule has 9 heteroatoms. The predicted octanol–water partition coefficient (Wildman–Crippen LogP) is 2.87. The number of amides is 1. The summed E-state index contributed by atoms with van der Waals surface area (Å²) in [6.45, 7) is 3.58. The summed E-state index contributed by atoms with van der Waals surface area (Å²) in [5.74, 6) is 0.375. The zero-order valence-electron chi connectivity index (χ0n) is 13.3. The van der Waals surface area contributed by atoms with Gasteiger partial charge in [-0.25, -0.2) is 0 Å². The van der Waals surface area contributed by atoms with E-state index in [2.05, 4.69) is 10.3 Å². The lowest BCUT2D eigenvalue weighted by Crippen LogP contribution is -2.34. The highest BCUT2D eigenvalue weighted by Crippen LogP contribution is 2.32. The van der Waals surface area contributed by atoms with Crippen LogP contribution in [0.25, 0.3) is 0 Å². The van der Waals surface area contributed by atoms with Crippen molar-refractivity contribution in [2.75, 3.05) is 6.54 Å². The molecule has 1 amide bonds. The molecular weight excluding hydrogens is 325 g/mol. The van der Waals surface area contributed by atoms with Crippen molar-refractivity contribution in [1.82, 2.24) is 19.8 Å². The van der Waals surface area contributed by atoms with Crippen LogP contribution in [0, 0.1) is 13.8 Å². The Kier molecular flexibility index (Phi) is 4.10. The van der Waals surface area contributed by atoms with Gasteiger partial charge in [-0.05, 0) is 32.8 Å². The Bertz CT molecular complexity index is 750. The van der Waals surface area contributed by atoms with Gasteiger partial charge in [-0.15, -0.1) is 0 Å². The number of alkyl halides is 3. The normalized spacial score (nSPS) is 18.4. The number of aryl methyl sites for hydroxylation is 2. The van der Waals surface area contributed by atoms with Crippen LogP contribution in [0.3, 0.4) is 0 Å². The molecule has 0 radical (unpaired) electrons. The predicted molar refractivity (Wildman–Crippen MR) is 76.9 cm³/mol. The van der Waals surface area contributed by atoms with Gasteiger partial charge in [-0.3, -0.25) is 9.48 Å². The molecule has 130 valence electrons. The van der Waals surface area contributed by atoms with Crippen molar-refractivity contribution in [1.29, 1.82) is 0 Å². The second-order valence-corrected chi connectivity index (χ2v) is 5.93. The summed E-state index contributed by atoms with van der Waals surface area (Å²) in [6.07, 6.45) is -2.95. The number of halogens is 3. The number of carbonyl (C=O) groups excluding carboxylic acids is 1. The highest BCUT2D eigenvalue weighted by Gasteiger charge is 2.36. The van der Waals surface area contributed by atoms with Gasteiger partial charge in [0.25, 0.3) is 0 Å². The SMILES string of the molecule is Cc1cc([C@@H]2CCCN2C(=O)Cn2nc(C(F)(F)F)cc2C)no1. The van der Waals surface area contributed by atoms with Gasteiger partial charge in [0.05, 0.1) is 6.04 Å². The molecule has 0 aliphatic carbocycles. The first-order valence-electron chi connectivity index (χ1n) is 7.60. The van der Waals surface area contributed by atoms with Crippen LogP contribution in [0.4, 0.5) is 13.2 Å². The average Bonchev–Trinajstić information content (AvgIpc) is 3.18. The molecule has 3 heterocycles. The quantitative estimate of drug-likeness (QED) is 0.860. The molecule has 0 bridgehead atoms. The summed E-state index contributed by atoms with van der Waals surface area (Å²) < 4.78 is 44.3. The minimum atomic E-state index is -4.52. The van der Waals surface area contributed by atoms with Crippen LogP contribution in [0.5, 0.6) is 0 Å². The fourth-order valence-electron chi connectivity index (χ4n) is 2.94. The van der Waals surface area contributed by atoms with Crippen LogP contribution < -0.4 is 0 Å². The summed E-state index contributed by atoms with van der Waals surface area (Å²) >= 11 is 0. The second-order valence-electron chi connectivity index (χ2n) is 5.93. The van der Waals surface area contributed by atoms with Crippen LogP contribution in [0.15, 0.2) is 16.7 Å². The van der Waals surface area contributed by atoms with Crippen molar-refractivity contribution >= 4 is 5.91 Å². The van der Waals surface area contributed by atoms with Gasteiger partial charge in [0, 0.05) is 18.3 Å². The third-order valence-electron chi connectivity index (χ3n) is 4.12. The Hall–Kier alpha value is -2.32. The highest BCUT2D eigenvalue weighted by molar-refractivity contribution is 5.76. The van der Waals surface area contributed by atoms with E-state index in [0.29, 0.717) is 23.7 Å². The zero-order chi connectivity index (χ0) is 17.5. The number of hydrogen-bond acceptors (Lipinski definition) is 4. The van der Waals surface area contributed by atoms with Crippen molar-refractivity contribution < 1.29 is 22.5 Å². The van der Waals surface area contributed by atoms with E-state index >= 15 is 0 Å². The first kappa shape index (κ1) is 16.5. The summed E-state index contributed by atoms with van der Waals surface area (Å²) in [7, 11) is 0. The van der Waals surface area contributed by atoms with Gasteiger partial charge in [-0.2, -0.15) is 18.3 Å². The Morgan fingerprint density at radius 3 is 2.71 bits per heavy atom. The second kappa shape index (κ2) is 5.95. The first-order chi connectivity index (χ1) is 11.3. The van der Waals surface area contributed by atoms with Gasteiger partial charge < -0.3 is 9.42 Å². The smallest absolute Gasteiger partial charge is 0.361 e. The summed E-state index contributed by atoms with van der Waals surface area (Å²) in [5.41, 5.74) is -0.0203. The van der Waals surface area contributed by atoms with E-state index in [1.165, 1.54) is 6.92 Å². The van der Waals surface area contributed by atoms with Crippen molar-refractivity contribution in [3.63, 3.8) is 0 Å². The molecule has 1 aliphatic heterocycles. The number of likely N-dealkylation sites (tertiary alicyclic amines) is 1. The lowest BCUT2D eigenvalue weighted by atomic mass is 10.1. The van der Waals surface area contributed by atoms with Gasteiger partial charge in [-0.1, -0.05) is 5.16 Å². The minimum absolute atomic E-state index is 0.201. The molecule has 1 fully saturated rings. The van der Waals surface area contributed by atoms with Crippen LogP contribution >= 0.6 is 0 Å². The number of rotatable bonds is 3. The fraction of sp³-hybridized carbons (Fsp3) is 0.533. The van der Waals surface area contributed by atoms with Crippen LogP contribution in [-0.4, -0.2) is 32.3 Å². The van der Waals surface area contributed by atoms with Crippen molar-refractivity contribution in [2.45, 2.75) is 45.5 Å². The zero-order valence-corrected chi connectivity index (χ0v) is 13.3. The van der Waals surface area contributed by atoms with E-state index in [1.807, 2.05) is 0 Å². The molecular formula is C15H17F3N4O2. The maximum absolute atomic E-state index is 12.7. The van der Waals surface area contributed by atoms with E-state index in [0.717, 1.165) is 23.6 Å². The van der Waals surface area contributed by atoms with E-state index in [1.54, 1.807) is 17.9 Å². The van der Waals surface area contributed by atoms with Crippen LogP contribution in [0.2, 0.25) is 0 Å². The molecule has 0 saturated carbocycles. The maximum atomic E-state index is 12.7. The van der Waals surface area contributed by atoms with Gasteiger partial charge >= 0.3 is 6.18 Å². The third kappa shape index (κ3) is 3.15. The van der Waals surface area contributed by atoms with E-state index in [-0.39, 0.29) is 18.5 Å². The molecule has 6 nitrogen and oxygen atoms in total. The fourth-order valence-corrected chi connectivity index (χ4v) is 2.94. The summed E-state index contributed by atoms with van der Waals surface area (Å²) in [5, 5.41) is 7.46. The Morgan fingerprint density at radius 1 is 1.38 bits per heavy atom. The number of carbonyl (C=O) groups is 1. The number of nitrogens with zero attached hydrogens (tertiary/aromatic N) is 4. The van der Waals surface area contributed by atoms with Crippen molar-refractivity contribution in [2.24, 2.45) is 0 Å². The maximum Gasteiger partial charge on any atom is 0.435 e. The topological polar surface area (TPSA) is 64.2 Å². The minimum Gasteiger partial charge on any atom is -0.361 e. The van der Waals surface area contributed by atoms with Crippen LogP contribution in [-0.2, 0) is 17.5 Å². The molecule has 0 N–H and O–H groups in total. The molecule has 2 aromatic heterocycles. The number of hydrogen-bond donors (Lipinski definition) is 0. The first-order valence-corrected chi connectivity index (χ1v) is 7.60. The Labute approximate surface area is 136 Å². The number of aromatic nitrogens is 3. The molecule has 24 heavy (non-hydrogen) atoms. The summed E-state index contributed by atoms with van der Waals surface area (Å²) in [6, 6.07) is 2.51. The Morgan fingerprint density at radius 2 is 2.12 bits per heavy atom. The molecule has 0 aromatic carbocycles. The Balaban J connectivity index is 1.76. The monoisotopic (exact) mass is 342 g/mol. The molecule has 1 saturated heterocycles. The molecule has 3 rings (SSSR count). The van der Waals surface area contributed by atoms with Gasteiger partial charge in [0.15, 0.2) is 5.69 Å². The van der Waals surface area contributed by atoms with Crippen LogP contribution in [0.1, 0.15) is 41.7 Å². The lowest BCUT2D eigenvalue weighted by Gasteiger charge is -2.23. The molecule has 1 aliphatic rings. The van der Waals surface area contributed by atoms with E-state index in [4.69, 9.17) is 4.52 Å². The molecule has 1 atom stereocenters. The van der Waals surface area contributed by atoms with Gasteiger partial charge in [0.2, 0.25) is 5.91 Å². The van der Waals surface area contributed by atoms with Gasteiger partial charge in [0.1, 0.15) is 18.0 Å². The van der Waals surface area contributed by atoms with Crippen molar-refractivity contribution in [3.8, 4) is 0 Å². The molecule has 0 spiro atoms. The van der Waals surface area contributed by atoms with E-state index in [9.17, 15) is 18.0 Å². The molecule has 0 unspecified atom stereocenters. The standard InChI is InChI=1S/C15H17F3N4O2/c1-9-6-13(15(16,17)18)19-22(9)8-14(23)21-5-3-4-12(21)11-7-10(2)24-20-11/h6-7,12H,3-5,8H2,1-2H3/t12-/m0/s1. The highest BCUT2D eigenvalue weighted by atomic mass is 19.4. The largest absolute Gasteiger partial charge is 0.435 e. The third-order valence-corrected chi connectivity index (χ3v) is 4.12. The lowest BCUT2D eigenvalue weighted by molar-refractivity contribution is -0.142. The van der Waals surface area contributed by atoms with E-state index < -0.39 is 11.9 Å². The average molecular weight is 342 g/mol.